The third-order valence-electron chi connectivity index (χ3n) is 3.46. The molecule has 1 aromatic rings. The molecule has 142 valence electrons. The highest BCUT2D eigenvalue weighted by atomic mass is 28.4. The van der Waals surface area contributed by atoms with Crippen LogP contribution in [-0.4, -0.2) is 42.4 Å². The van der Waals surface area contributed by atoms with E-state index in [9.17, 15) is 4.79 Å². The molecule has 0 amide bonds. The Morgan fingerprint density at radius 1 is 0.960 bits per heavy atom. The van der Waals surface area contributed by atoms with Gasteiger partial charge in [0, 0.05) is 25.3 Å². The average Bonchev–Trinajstić information content (AvgIpc) is 2.48. The van der Waals surface area contributed by atoms with Gasteiger partial charge >= 0.3 is 5.97 Å². The van der Waals surface area contributed by atoms with E-state index in [1.165, 1.54) is 0 Å². The van der Waals surface area contributed by atoms with E-state index in [4.69, 9.17) is 19.3 Å². The van der Waals surface area contributed by atoms with Gasteiger partial charge in [0.25, 0.3) is 0 Å². The fraction of sp³-hybridized carbons (Fsp3) is 0.611. The van der Waals surface area contributed by atoms with Crippen LogP contribution in [0, 0.1) is 0 Å². The van der Waals surface area contributed by atoms with Crippen molar-refractivity contribution in [1.82, 2.24) is 0 Å². The molecule has 0 heterocycles. The lowest BCUT2D eigenvalue weighted by molar-refractivity contribution is 0.0445. The highest BCUT2D eigenvalue weighted by molar-refractivity contribution is 6.84. The second kappa shape index (κ2) is 10.1. The zero-order valence-electron chi connectivity index (χ0n) is 16.3. The van der Waals surface area contributed by atoms with E-state index < -0.39 is 16.6 Å². The van der Waals surface area contributed by atoms with Crippen LogP contribution in [0.5, 0.6) is 0 Å². The highest BCUT2D eigenvalue weighted by Gasteiger charge is 2.28. The van der Waals surface area contributed by atoms with Crippen molar-refractivity contribution in [1.29, 1.82) is 0 Å². The zero-order valence-corrected chi connectivity index (χ0v) is 18.3. The van der Waals surface area contributed by atoms with Crippen molar-refractivity contribution in [3.05, 3.63) is 29.8 Å². The number of esters is 1. The van der Waals surface area contributed by atoms with Crippen molar-refractivity contribution in [2.24, 2.45) is 0 Å². The van der Waals surface area contributed by atoms with Crippen molar-refractivity contribution >= 4 is 28.3 Å². The quantitative estimate of drug-likeness (QED) is 0.267. The molecule has 0 saturated heterocycles. The molecule has 0 fully saturated rings. The van der Waals surface area contributed by atoms with Crippen LogP contribution in [-0.2, 0) is 13.6 Å². The number of hydrogen-bond acceptors (Lipinski definition) is 5. The second-order valence-electron chi connectivity index (χ2n) is 7.80. The lowest BCUT2D eigenvalue weighted by atomic mass is 10.2. The lowest BCUT2D eigenvalue weighted by Crippen LogP contribution is -2.42. The molecule has 0 aliphatic carbocycles. The highest BCUT2D eigenvalue weighted by Crippen LogP contribution is 2.19. The molecule has 0 saturated carbocycles. The first-order valence-electron chi connectivity index (χ1n) is 8.90. The van der Waals surface area contributed by atoms with E-state index >= 15 is 0 Å². The molecule has 1 aromatic carbocycles. The maximum absolute atomic E-state index is 11.8. The van der Waals surface area contributed by atoms with Crippen LogP contribution in [0.2, 0.25) is 38.8 Å². The summed E-state index contributed by atoms with van der Waals surface area (Å²) >= 11 is 0. The molecule has 0 radical (unpaired) electrons. The summed E-state index contributed by atoms with van der Waals surface area (Å²) in [6.07, 6.45) is 1.72. The van der Waals surface area contributed by atoms with Crippen LogP contribution in [0.3, 0.4) is 0 Å². The van der Waals surface area contributed by atoms with Crippen LogP contribution >= 0.6 is 0 Å². The van der Waals surface area contributed by atoms with Crippen LogP contribution in [0.1, 0.15) is 23.2 Å². The monoisotopic (exact) mass is 383 g/mol. The molecule has 0 atom stereocenters. The maximum atomic E-state index is 11.8. The first-order valence-corrected chi connectivity index (χ1v) is 15.4. The van der Waals surface area contributed by atoms with Crippen molar-refractivity contribution < 1.29 is 18.4 Å². The first-order chi connectivity index (χ1) is 11.6. The SMILES string of the molecule is C[Si](C)(C)O[Si](C)(C)CCCOCCCOC(=O)c1ccc(N)cc1. The minimum atomic E-state index is -1.57. The van der Waals surface area contributed by atoms with E-state index in [1.54, 1.807) is 24.3 Å². The number of nitrogen functional groups attached to an aromatic ring is 1. The van der Waals surface area contributed by atoms with Gasteiger partial charge in [-0.15, -0.1) is 0 Å². The minimum absolute atomic E-state index is 0.323. The largest absolute Gasteiger partial charge is 0.462 e. The van der Waals surface area contributed by atoms with Crippen LogP contribution in [0.4, 0.5) is 5.69 Å². The summed E-state index contributed by atoms with van der Waals surface area (Å²) < 4.78 is 17.2. The predicted octanol–water partition coefficient (Wildman–Crippen LogP) is 4.28. The van der Waals surface area contributed by atoms with Gasteiger partial charge in [0.2, 0.25) is 0 Å². The smallest absolute Gasteiger partial charge is 0.338 e. The molecule has 0 spiro atoms. The van der Waals surface area contributed by atoms with E-state index in [-0.39, 0.29) is 5.97 Å². The molecule has 0 unspecified atom stereocenters. The number of ether oxygens (including phenoxy) is 2. The summed E-state index contributed by atoms with van der Waals surface area (Å²) in [5, 5.41) is 0. The van der Waals surface area contributed by atoms with Gasteiger partial charge < -0.3 is 19.3 Å². The Balaban J connectivity index is 2.07. The molecule has 25 heavy (non-hydrogen) atoms. The minimum Gasteiger partial charge on any atom is -0.462 e. The van der Waals surface area contributed by atoms with Crippen LogP contribution in [0.25, 0.3) is 0 Å². The number of carbonyl (C=O) groups is 1. The van der Waals surface area contributed by atoms with Gasteiger partial charge in [-0.05, 0) is 69.5 Å². The van der Waals surface area contributed by atoms with Gasteiger partial charge in [-0.25, -0.2) is 4.79 Å². The summed E-state index contributed by atoms with van der Waals surface area (Å²) in [5.41, 5.74) is 6.74. The molecule has 5 nitrogen and oxygen atoms in total. The lowest BCUT2D eigenvalue weighted by Gasteiger charge is -2.31. The summed E-state index contributed by atoms with van der Waals surface area (Å²) in [6, 6.07) is 7.83. The number of benzene rings is 1. The Labute approximate surface area is 154 Å². The standard InChI is InChI=1S/C18H33NO4Si2/c1-24(2,3)23-25(4,5)15-7-13-21-12-6-14-22-18(20)16-8-10-17(19)11-9-16/h8-11H,6-7,12-15,19H2,1-5H3. The van der Waals surface area contributed by atoms with E-state index in [0.717, 1.165) is 19.1 Å². The van der Waals surface area contributed by atoms with Crippen LogP contribution < -0.4 is 5.73 Å². The number of anilines is 1. The normalized spacial score (nSPS) is 12.2. The van der Waals surface area contributed by atoms with Crippen molar-refractivity contribution in [2.45, 2.75) is 51.6 Å². The third-order valence-corrected chi connectivity index (χ3v) is 9.68. The van der Waals surface area contributed by atoms with Gasteiger partial charge in [-0.1, -0.05) is 0 Å². The molecule has 2 N–H and O–H groups in total. The Morgan fingerprint density at radius 3 is 2.16 bits per heavy atom. The van der Waals surface area contributed by atoms with Gasteiger partial charge in [-0.2, -0.15) is 0 Å². The number of carbonyl (C=O) groups excluding carboxylic acids is 1. The summed E-state index contributed by atoms with van der Waals surface area (Å²) in [6.45, 7) is 13.0. The molecule has 0 bridgehead atoms. The first kappa shape index (κ1) is 21.9. The van der Waals surface area contributed by atoms with Gasteiger partial charge in [0.1, 0.15) is 0 Å². The summed E-state index contributed by atoms with van der Waals surface area (Å²) in [7, 11) is -3.02. The Bertz CT molecular complexity index is 527. The van der Waals surface area contributed by atoms with E-state index in [2.05, 4.69) is 32.7 Å². The molecular formula is C18H33NO4Si2. The Hall–Kier alpha value is -1.16. The van der Waals surface area contributed by atoms with E-state index in [1.807, 2.05) is 0 Å². The van der Waals surface area contributed by atoms with Crippen molar-refractivity contribution in [3.63, 3.8) is 0 Å². The number of hydrogen-bond donors (Lipinski definition) is 1. The average molecular weight is 384 g/mol. The fourth-order valence-electron chi connectivity index (χ4n) is 2.61. The Kier molecular flexibility index (Phi) is 8.85. The number of rotatable bonds is 11. The van der Waals surface area contributed by atoms with Gasteiger partial charge in [0.05, 0.1) is 12.2 Å². The van der Waals surface area contributed by atoms with Crippen molar-refractivity contribution in [2.75, 3.05) is 25.6 Å². The molecule has 1 rings (SSSR count). The molecule has 7 heteroatoms. The maximum Gasteiger partial charge on any atom is 0.338 e. The topological polar surface area (TPSA) is 70.8 Å². The van der Waals surface area contributed by atoms with Gasteiger partial charge in [-0.3, -0.25) is 0 Å². The predicted molar refractivity (Wildman–Crippen MR) is 108 cm³/mol. The molecule has 0 aliphatic heterocycles. The summed E-state index contributed by atoms with van der Waals surface area (Å²) in [4.78, 5) is 11.8. The summed E-state index contributed by atoms with van der Waals surface area (Å²) in [5.74, 6) is -0.323. The molecular weight excluding hydrogens is 350 g/mol. The van der Waals surface area contributed by atoms with Crippen molar-refractivity contribution in [3.8, 4) is 0 Å². The van der Waals surface area contributed by atoms with Gasteiger partial charge in [0.15, 0.2) is 16.6 Å². The zero-order chi connectivity index (χ0) is 18.9. The van der Waals surface area contributed by atoms with Crippen LogP contribution in [0.15, 0.2) is 24.3 Å². The Morgan fingerprint density at radius 2 is 1.56 bits per heavy atom. The number of nitrogens with two attached hydrogens (primary N) is 1. The molecule has 0 aromatic heterocycles. The second-order valence-corrected chi connectivity index (χ2v) is 16.9. The fourth-order valence-corrected chi connectivity index (χ4v) is 10.6. The molecule has 0 aliphatic rings. The third kappa shape index (κ3) is 10.4. The van der Waals surface area contributed by atoms with E-state index in [0.29, 0.717) is 30.9 Å².